The number of benzene rings is 2. The Morgan fingerprint density at radius 2 is 1.21 bits per heavy atom. The van der Waals surface area contributed by atoms with Gasteiger partial charge in [-0.2, -0.15) is 0 Å². The number of aliphatic hydroxyl groups excluding tert-OH is 1. The average molecular weight is 263 g/mol. The fourth-order valence-corrected chi connectivity index (χ4v) is 2.11. The van der Waals surface area contributed by atoms with Gasteiger partial charge in [0.15, 0.2) is 0 Å². The molecule has 4 heteroatoms. The van der Waals surface area contributed by atoms with Crippen LogP contribution in [0.25, 0.3) is 0 Å². The van der Waals surface area contributed by atoms with Crippen LogP contribution in [0.4, 0.5) is 8.78 Å². The summed E-state index contributed by atoms with van der Waals surface area (Å²) in [5.41, 5.74) is 6.99. The first-order valence-electron chi connectivity index (χ1n) is 6.01. The van der Waals surface area contributed by atoms with E-state index in [1.807, 2.05) is 0 Å². The fourth-order valence-electron chi connectivity index (χ4n) is 2.11. The Hall–Kier alpha value is -1.78. The van der Waals surface area contributed by atoms with Crippen LogP contribution in [-0.4, -0.2) is 17.8 Å². The summed E-state index contributed by atoms with van der Waals surface area (Å²) in [6.07, 6.45) is -0.809. The molecule has 0 aliphatic heterocycles. The molecule has 3 N–H and O–H groups in total. The molecular formula is C15H15F2NO. The number of aliphatic hydroxyl groups is 1. The SMILES string of the molecule is NC[C@H](O)C(c1ccc(F)cc1)c1ccc(F)cc1. The number of nitrogens with two attached hydrogens (primary N) is 1. The lowest BCUT2D eigenvalue weighted by Crippen LogP contribution is -2.28. The second-order valence-corrected chi connectivity index (χ2v) is 4.38. The van der Waals surface area contributed by atoms with E-state index in [-0.39, 0.29) is 18.2 Å². The van der Waals surface area contributed by atoms with Gasteiger partial charge in [-0.3, -0.25) is 0 Å². The molecule has 2 nitrogen and oxygen atoms in total. The third-order valence-electron chi connectivity index (χ3n) is 3.08. The fraction of sp³-hybridized carbons (Fsp3) is 0.200. The minimum atomic E-state index is -0.809. The van der Waals surface area contributed by atoms with Gasteiger partial charge in [-0.15, -0.1) is 0 Å². The van der Waals surface area contributed by atoms with E-state index in [1.165, 1.54) is 24.3 Å². The molecule has 0 saturated heterocycles. The van der Waals surface area contributed by atoms with Crippen LogP contribution in [0.1, 0.15) is 17.0 Å². The summed E-state index contributed by atoms with van der Waals surface area (Å²) in [4.78, 5) is 0. The normalized spacial score (nSPS) is 12.7. The van der Waals surface area contributed by atoms with E-state index in [1.54, 1.807) is 24.3 Å². The van der Waals surface area contributed by atoms with Crippen molar-refractivity contribution in [2.75, 3.05) is 6.54 Å². The molecule has 0 aromatic heterocycles. The van der Waals surface area contributed by atoms with Crippen molar-refractivity contribution in [3.63, 3.8) is 0 Å². The molecule has 2 rings (SSSR count). The molecule has 0 bridgehead atoms. The van der Waals surface area contributed by atoms with Gasteiger partial charge >= 0.3 is 0 Å². The van der Waals surface area contributed by atoms with E-state index >= 15 is 0 Å². The van der Waals surface area contributed by atoms with Crippen molar-refractivity contribution >= 4 is 0 Å². The second kappa shape index (κ2) is 5.91. The molecule has 0 amide bonds. The Balaban J connectivity index is 2.41. The van der Waals surface area contributed by atoms with Gasteiger partial charge in [-0.25, -0.2) is 8.78 Å². The minimum Gasteiger partial charge on any atom is -0.391 e. The summed E-state index contributed by atoms with van der Waals surface area (Å²) < 4.78 is 25.9. The van der Waals surface area contributed by atoms with Crippen LogP contribution in [0.15, 0.2) is 48.5 Å². The maximum Gasteiger partial charge on any atom is 0.123 e. The molecular weight excluding hydrogens is 248 g/mol. The van der Waals surface area contributed by atoms with Gasteiger partial charge in [0, 0.05) is 12.5 Å². The minimum absolute atomic E-state index is 0.0689. The van der Waals surface area contributed by atoms with Crippen LogP contribution in [0.2, 0.25) is 0 Å². The molecule has 0 unspecified atom stereocenters. The molecule has 2 aromatic rings. The highest BCUT2D eigenvalue weighted by atomic mass is 19.1. The van der Waals surface area contributed by atoms with Gasteiger partial charge in [0.25, 0.3) is 0 Å². The maximum absolute atomic E-state index is 13.0. The Kier molecular flexibility index (Phi) is 4.24. The number of rotatable bonds is 4. The van der Waals surface area contributed by atoms with Gasteiger partial charge < -0.3 is 10.8 Å². The Morgan fingerprint density at radius 1 is 0.842 bits per heavy atom. The Labute approximate surface area is 110 Å². The molecule has 2 aromatic carbocycles. The standard InChI is InChI=1S/C15H15F2NO/c16-12-5-1-10(2-6-12)15(14(19)9-18)11-3-7-13(17)8-4-11/h1-8,14-15,19H,9,18H2/t14-/m0/s1. The molecule has 0 aliphatic rings. The molecule has 0 saturated carbocycles. The molecule has 0 aliphatic carbocycles. The molecule has 0 fully saturated rings. The summed E-state index contributed by atoms with van der Waals surface area (Å²) in [6, 6.07) is 11.7. The quantitative estimate of drug-likeness (QED) is 0.890. The molecule has 1 atom stereocenters. The van der Waals surface area contributed by atoms with E-state index in [2.05, 4.69) is 0 Å². The topological polar surface area (TPSA) is 46.2 Å². The molecule has 100 valence electrons. The van der Waals surface area contributed by atoms with Crippen LogP contribution < -0.4 is 5.73 Å². The maximum atomic E-state index is 13.0. The molecule has 0 heterocycles. The van der Waals surface area contributed by atoms with Gasteiger partial charge in [0.05, 0.1) is 6.10 Å². The lowest BCUT2D eigenvalue weighted by atomic mass is 9.86. The third kappa shape index (κ3) is 3.16. The van der Waals surface area contributed by atoms with Crippen molar-refractivity contribution in [3.8, 4) is 0 Å². The van der Waals surface area contributed by atoms with Gasteiger partial charge in [0.2, 0.25) is 0 Å². The summed E-state index contributed by atoms with van der Waals surface area (Å²) in [7, 11) is 0. The van der Waals surface area contributed by atoms with Crippen molar-refractivity contribution in [1.82, 2.24) is 0 Å². The van der Waals surface area contributed by atoms with E-state index in [4.69, 9.17) is 5.73 Å². The lowest BCUT2D eigenvalue weighted by molar-refractivity contribution is 0.164. The predicted molar refractivity (Wildman–Crippen MR) is 69.7 cm³/mol. The third-order valence-corrected chi connectivity index (χ3v) is 3.08. The largest absolute Gasteiger partial charge is 0.391 e. The van der Waals surface area contributed by atoms with E-state index in [0.717, 1.165) is 11.1 Å². The monoisotopic (exact) mass is 263 g/mol. The predicted octanol–water partition coefficient (Wildman–Crippen LogP) is 2.42. The van der Waals surface area contributed by atoms with Crippen molar-refractivity contribution < 1.29 is 13.9 Å². The van der Waals surface area contributed by atoms with E-state index < -0.39 is 12.0 Å². The van der Waals surface area contributed by atoms with Crippen LogP contribution >= 0.6 is 0 Å². The molecule has 0 spiro atoms. The number of hydrogen-bond donors (Lipinski definition) is 2. The summed E-state index contributed by atoms with van der Waals surface area (Å²) in [5.74, 6) is -1.08. The highest BCUT2D eigenvalue weighted by molar-refractivity contribution is 5.34. The number of halogens is 2. The first-order chi connectivity index (χ1) is 9.11. The average Bonchev–Trinajstić information content (AvgIpc) is 2.43. The number of hydrogen-bond acceptors (Lipinski definition) is 2. The first-order valence-corrected chi connectivity index (χ1v) is 6.01. The zero-order chi connectivity index (χ0) is 13.8. The smallest absolute Gasteiger partial charge is 0.123 e. The van der Waals surface area contributed by atoms with Crippen molar-refractivity contribution in [1.29, 1.82) is 0 Å². The molecule has 0 radical (unpaired) electrons. The lowest BCUT2D eigenvalue weighted by Gasteiger charge is -2.23. The highest BCUT2D eigenvalue weighted by Crippen LogP contribution is 2.28. The molecule has 19 heavy (non-hydrogen) atoms. The second-order valence-electron chi connectivity index (χ2n) is 4.38. The van der Waals surface area contributed by atoms with Crippen LogP contribution in [-0.2, 0) is 0 Å². The van der Waals surface area contributed by atoms with Crippen LogP contribution in [0.3, 0.4) is 0 Å². The van der Waals surface area contributed by atoms with Gasteiger partial charge in [0.1, 0.15) is 11.6 Å². The summed E-state index contributed by atoms with van der Waals surface area (Å²) >= 11 is 0. The van der Waals surface area contributed by atoms with Gasteiger partial charge in [-0.1, -0.05) is 24.3 Å². The van der Waals surface area contributed by atoms with E-state index in [9.17, 15) is 13.9 Å². The van der Waals surface area contributed by atoms with E-state index in [0.29, 0.717) is 0 Å². The first kappa shape index (κ1) is 13.6. The highest BCUT2D eigenvalue weighted by Gasteiger charge is 2.22. The summed E-state index contributed by atoms with van der Waals surface area (Å²) in [6.45, 7) is 0.0689. The van der Waals surface area contributed by atoms with Crippen molar-refractivity contribution in [3.05, 3.63) is 71.3 Å². The van der Waals surface area contributed by atoms with Gasteiger partial charge in [-0.05, 0) is 35.4 Å². The zero-order valence-corrected chi connectivity index (χ0v) is 10.3. The summed E-state index contributed by atoms with van der Waals surface area (Å²) in [5, 5.41) is 10.1. The van der Waals surface area contributed by atoms with Crippen LogP contribution in [0, 0.1) is 11.6 Å². The van der Waals surface area contributed by atoms with Crippen molar-refractivity contribution in [2.24, 2.45) is 5.73 Å². The van der Waals surface area contributed by atoms with Crippen molar-refractivity contribution in [2.45, 2.75) is 12.0 Å². The van der Waals surface area contributed by atoms with Crippen LogP contribution in [0.5, 0.6) is 0 Å². The zero-order valence-electron chi connectivity index (χ0n) is 10.3. The Bertz CT molecular complexity index is 479. The Morgan fingerprint density at radius 3 is 1.53 bits per heavy atom.